The molecule has 4 heteroatoms. The normalized spacial score (nSPS) is 9.95. The van der Waals surface area contributed by atoms with Gasteiger partial charge in [0.25, 0.3) is 0 Å². The molecule has 96 valence electrons. The molecule has 0 amide bonds. The van der Waals surface area contributed by atoms with E-state index in [4.69, 9.17) is 4.74 Å². The maximum atomic E-state index is 13.4. The molecule has 0 saturated heterocycles. The zero-order chi connectivity index (χ0) is 13.7. The summed E-state index contributed by atoms with van der Waals surface area (Å²) in [5.41, 5.74) is 1.07. The molecular weight excluding hydrogens is 247 g/mol. The summed E-state index contributed by atoms with van der Waals surface area (Å²) in [4.78, 5) is 21.7. The van der Waals surface area contributed by atoms with Gasteiger partial charge in [-0.2, -0.15) is 0 Å². The van der Waals surface area contributed by atoms with E-state index in [-0.39, 0.29) is 17.9 Å². The average molecular weight is 258 g/mol. The molecular formula is C15H11FO3. The van der Waals surface area contributed by atoms with E-state index in [1.54, 1.807) is 24.3 Å². The molecule has 2 rings (SSSR count). The van der Waals surface area contributed by atoms with Gasteiger partial charge in [0.15, 0.2) is 6.29 Å². The van der Waals surface area contributed by atoms with Crippen LogP contribution in [0.15, 0.2) is 42.5 Å². The summed E-state index contributed by atoms with van der Waals surface area (Å²) < 4.78 is 18.8. The highest BCUT2D eigenvalue weighted by Gasteiger charge is 2.09. The topological polar surface area (TPSA) is 43.4 Å². The predicted molar refractivity (Wildman–Crippen MR) is 67.9 cm³/mol. The van der Waals surface area contributed by atoms with Crippen LogP contribution in [0.25, 0.3) is 0 Å². The standard InChI is InChI=1S/C15H11FO3/c16-14-6-3-7-15(13(14)9-18)19-10-12-5-2-1-4-11(12)8-17/h1-9H,10H2. The Kier molecular flexibility index (Phi) is 4.03. The van der Waals surface area contributed by atoms with Crippen molar-refractivity contribution in [2.75, 3.05) is 0 Å². The zero-order valence-electron chi connectivity index (χ0n) is 10.0. The lowest BCUT2D eigenvalue weighted by Crippen LogP contribution is -2.02. The molecule has 0 fully saturated rings. The molecule has 0 N–H and O–H groups in total. The average Bonchev–Trinajstić information content (AvgIpc) is 2.45. The lowest BCUT2D eigenvalue weighted by atomic mass is 10.1. The zero-order valence-corrected chi connectivity index (χ0v) is 10.0. The minimum Gasteiger partial charge on any atom is -0.488 e. The summed E-state index contributed by atoms with van der Waals surface area (Å²) in [5.74, 6) is -0.466. The van der Waals surface area contributed by atoms with Crippen LogP contribution in [0.5, 0.6) is 5.75 Å². The van der Waals surface area contributed by atoms with Gasteiger partial charge in [-0.3, -0.25) is 9.59 Å². The molecule has 0 aliphatic carbocycles. The van der Waals surface area contributed by atoms with Gasteiger partial charge in [0, 0.05) is 5.56 Å². The largest absolute Gasteiger partial charge is 0.488 e. The van der Waals surface area contributed by atoms with Gasteiger partial charge in [-0.05, 0) is 17.7 Å². The van der Waals surface area contributed by atoms with E-state index in [2.05, 4.69) is 0 Å². The molecule has 2 aromatic rings. The van der Waals surface area contributed by atoms with Crippen LogP contribution < -0.4 is 4.74 Å². The Morgan fingerprint density at radius 2 is 1.79 bits per heavy atom. The maximum Gasteiger partial charge on any atom is 0.156 e. The number of rotatable bonds is 5. The van der Waals surface area contributed by atoms with Crippen molar-refractivity contribution >= 4 is 12.6 Å². The van der Waals surface area contributed by atoms with Crippen molar-refractivity contribution in [3.05, 3.63) is 65.0 Å². The van der Waals surface area contributed by atoms with Crippen LogP contribution in [0.3, 0.4) is 0 Å². The highest BCUT2D eigenvalue weighted by molar-refractivity contribution is 5.79. The lowest BCUT2D eigenvalue weighted by molar-refractivity contribution is 0.110. The van der Waals surface area contributed by atoms with Crippen LogP contribution in [0.1, 0.15) is 26.3 Å². The first-order chi connectivity index (χ1) is 9.26. The summed E-state index contributed by atoms with van der Waals surface area (Å²) in [6.45, 7) is 0.0964. The number of ether oxygens (including phenoxy) is 1. The van der Waals surface area contributed by atoms with Gasteiger partial charge in [-0.1, -0.05) is 30.3 Å². The third-order valence-electron chi connectivity index (χ3n) is 2.70. The van der Waals surface area contributed by atoms with Gasteiger partial charge in [0.2, 0.25) is 0 Å². The fraction of sp³-hybridized carbons (Fsp3) is 0.0667. The molecule has 0 aliphatic heterocycles. The predicted octanol–water partition coefficient (Wildman–Crippen LogP) is 3.03. The van der Waals surface area contributed by atoms with Crippen molar-refractivity contribution in [1.29, 1.82) is 0 Å². The fourth-order valence-corrected chi connectivity index (χ4v) is 1.69. The number of carbonyl (C=O) groups is 2. The minimum absolute atomic E-state index is 0.0964. The Bertz CT molecular complexity index is 608. The Balaban J connectivity index is 2.21. The molecule has 0 atom stereocenters. The molecule has 0 unspecified atom stereocenters. The molecule has 0 spiro atoms. The van der Waals surface area contributed by atoms with Crippen molar-refractivity contribution in [2.45, 2.75) is 6.61 Å². The Morgan fingerprint density at radius 1 is 1.00 bits per heavy atom. The molecule has 0 radical (unpaired) electrons. The first-order valence-electron chi connectivity index (χ1n) is 5.66. The van der Waals surface area contributed by atoms with Crippen molar-refractivity contribution < 1.29 is 18.7 Å². The van der Waals surface area contributed by atoms with Gasteiger partial charge in [-0.25, -0.2) is 4.39 Å². The summed E-state index contributed by atoms with van der Waals surface area (Å²) in [6.07, 6.45) is 1.14. The van der Waals surface area contributed by atoms with Crippen molar-refractivity contribution in [1.82, 2.24) is 0 Å². The Hall–Kier alpha value is -2.49. The van der Waals surface area contributed by atoms with Gasteiger partial charge >= 0.3 is 0 Å². The second-order valence-corrected chi connectivity index (χ2v) is 3.87. The highest BCUT2D eigenvalue weighted by atomic mass is 19.1. The highest BCUT2D eigenvalue weighted by Crippen LogP contribution is 2.21. The van der Waals surface area contributed by atoms with Gasteiger partial charge in [0.1, 0.15) is 24.5 Å². The Morgan fingerprint density at radius 3 is 2.53 bits per heavy atom. The smallest absolute Gasteiger partial charge is 0.156 e. The van der Waals surface area contributed by atoms with Crippen LogP contribution in [0.2, 0.25) is 0 Å². The van der Waals surface area contributed by atoms with Crippen molar-refractivity contribution in [3.63, 3.8) is 0 Å². The van der Waals surface area contributed by atoms with E-state index in [1.807, 2.05) is 0 Å². The van der Waals surface area contributed by atoms with Crippen LogP contribution >= 0.6 is 0 Å². The Labute approximate surface area is 109 Å². The quantitative estimate of drug-likeness (QED) is 0.774. The van der Waals surface area contributed by atoms with E-state index in [9.17, 15) is 14.0 Å². The van der Waals surface area contributed by atoms with E-state index in [0.717, 1.165) is 6.29 Å². The monoisotopic (exact) mass is 258 g/mol. The third-order valence-corrected chi connectivity index (χ3v) is 2.70. The number of aldehydes is 2. The molecule has 2 aromatic carbocycles. The molecule has 0 bridgehead atoms. The second kappa shape index (κ2) is 5.91. The van der Waals surface area contributed by atoms with Crippen LogP contribution in [0, 0.1) is 5.82 Å². The maximum absolute atomic E-state index is 13.4. The first kappa shape index (κ1) is 13.0. The van der Waals surface area contributed by atoms with Crippen LogP contribution in [0.4, 0.5) is 4.39 Å². The minimum atomic E-state index is -0.629. The molecule has 0 aliphatic rings. The SMILES string of the molecule is O=Cc1ccccc1COc1cccc(F)c1C=O. The summed E-state index contributed by atoms with van der Waals surface area (Å²) in [5, 5.41) is 0. The van der Waals surface area contributed by atoms with E-state index < -0.39 is 5.82 Å². The summed E-state index contributed by atoms with van der Waals surface area (Å²) in [7, 11) is 0. The van der Waals surface area contributed by atoms with E-state index in [0.29, 0.717) is 17.4 Å². The molecule has 3 nitrogen and oxygen atoms in total. The van der Waals surface area contributed by atoms with Gasteiger partial charge in [-0.15, -0.1) is 0 Å². The number of hydrogen-bond donors (Lipinski definition) is 0. The van der Waals surface area contributed by atoms with E-state index >= 15 is 0 Å². The van der Waals surface area contributed by atoms with Crippen molar-refractivity contribution in [2.24, 2.45) is 0 Å². The number of hydrogen-bond acceptors (Lipinski definition) is 3. The van der Waals surface area contributed by atoms with E-state index in [1.165, 1.54) is 18.2 Å². The van der Waals surface area contributed by atoms with Gasteiger partial charge in [0.05, 0.1) is 5.56 Å². The number of halogens is 1. The third kappa shape index (κ3) is 2.85. The molecule has 0 aromatic heterocycles. The number of benzene rings is 2. The molecule has 0 saturated carbocycles. The summed E-state index contributed by atoms with van der Waals surface area (Å²) >= 11 is 0. The second-order valence-electron chi connectivity index (χ2n) is 3.87. The van der Waals surface area contributed by atoms with Crippen LogP contribution in [-0.4, -0.2) is 12.6 Å². The molecule has 0 heterocycles. The molecule has 19 heavy (non-hydrogen) atoms. The fourth-order valence-electron chi connectivity index (χ4n) is 1.69. The first-order valence-corrected chi connectivity index (χ1v) is 5.66. The van der Waals surface area contributed by atoms with Crippen LogP contribution in [-0.2, 0) is 6.61 Å². The van der Waals surface area contributed by atoms with Crippen molar-refractivity contribution in [3.8, 4) is 5.75 Å². The lowest BCUT2D eigenvalue weighted by Gasteiger charge is -2.10. The number of carbonyl (C=O) groups excluding carboxylic acids is 2. The van der Waals surface area contributed by atoms with Gasteiger partial charge < -0.3 is 4.74 Å². The summed E-state index contributed by atoms with van der Waals surface area (Å²) in [6, 6.07) is 11.1.